The van der Waals surface area contributed by atoms with Crippen LogP contribution in [0.1, 0.15) is 33.7 Å². The van der Waals surface area contributed by atoms with Crippen molar-refractivity contribution in [3.05, 3.63) is 76.1 Å². The monoisotopic (exact) mass is 474 g/mol. The second-order valence-corrected chi connectivity index (χ2v) is 9.62. The molecule has 0 unspecified atom stereocenters. The molecule has 0 aliphatic carbocycles. The van der Waals surface area contributed by atoms with E-state index in [9.17, 15) is 9.59 Å². The molecule has 0 bridgehead atoms. The average Bonchev–Trinajstić information content (AvgIpc) is 3.52. The van der Waals surface area contributed by atoms with E-state index in [0.29, 0.717) is 34.4 Å². The zero-order valence-corrected chi connectivity index (χ0v) is 20.2. The molecule has 2 aromatic carbocycles. The van der Waals surface area contributed by atoms with Crippen LogP contribution in [0, 0.1) is 6.92 Å². The van der Waals surface area contributed by atoms with E-state index in [1.54, 1.807) is 6.08 Å². The molecule has 1 atom stereocenters. The van der Waals surface area contributed by atoms with Crippen molar-refractivity contribution in [2.24, 2.45) is 0 Å². The van der Waals surface area contributed by atoms with Crippen LogP contribution in [0.25, 0.3) is 22.8 Å². The number of H-pyrrole nitrogens is 1. The van der Waals surface area contributed by atoms with Crippen molar-refractivity contribution in [1.82, 2.24) is 14.8 Å². The summed E-state index contributed by atoms with van der Waals surface area (Å²) in [6, 6.07) is 15.6. The fourth-order valence-corrected chi connectivity index (χ4v) is 4.95. The summed E-state index contributed by atoms with van der Waals surface area (Å²) in [5, 5.41) is 3.63. The average molecular weight is 475 g/mol. The largest absolute Gasteiger partial charge is 0.358 e. The number of carbonyl (C=O) groups excluding carboxylic acids is 2. The summed E-state index contributed by atoms with van der Waals surface area (Å²) in [6.45, 7) is 3.36. The minimum absolute atomic E-state index is 0.00911. The number of likely N-dealkylation sites (N-methyl/N-ethyl adjacent to an activating group) is 1. The SMILES string of the molecule is Cc1cc(C(=O)N2CC[C@@H](N(C)C)C2)c(C=C2C(=O)Nc3cccc(-c4ccc(Cl)cc4)c32)[nH]1. The molecule has 5 rings (SSSR count). The van der Waals surface area contributed by atoms with Gasteiger partial charge in [0.15, 0.2) is 0 Å². The summed E-state index contributed by atoms with van der Waals surface area (Å²) in [4.78, 5) is 33.8. The van der Waals surface area contributed by atoms with Gasteiger partial charge in [-0.3, -0.25) is 9.59 Å². The summed E-state index contributed by atoms with van der Waals surface area (Å²) in [5.74, 6) is -0.193. The maximum atomic E-state index is 13.4. The molecule has 6 nitrogen and oxygen atoms in total. The van der Waals surface area contributed by atoms with E-state index < -0.39 is 0 Å². The Labute approximate surface area is 204 Å². The maximum absolute atomic E-state index is 13.4. The molecule has 1 aromatic heterocycles. The summed E-state index contributed by atoms with van der Waals surface area (Å²) < 4.78 is 0. The zero-order chi connectivity index (χ0) is 24.0. The van der Waals surface area contributed by atoms with Gasteiger partial charge in [-0.2, -0.15) is 0 Å². The number of aryl methyl sites for hydroxylation is 1. The molecule has 0 spiro atoms. The first-order valence-corrected chi connectivity index (χ1v) is 11.8. The molecule has 7 heteroatoms. The smallest absolute Gasteiger partial charge is 0.256 e. The zero-order valence-electron chi connectivity index (χ0n) is 19.5. The fourth-order valence-electron chi connectivity index (χ4n) is 4.82. The molecule has 2 N–H and O–H groups in total. The number of amides is 2. The highest BCUT2D eigenvalue weighted by atomic mass is 35.5. The molecule has 2 amide bonds. The van der Waals surface area contributed by atoms with Gasteiger partial charge in [0.25, 0.3) is 11.8 Å². The van der Waals surface area contributed by atoms with Crippen molar-refractivity contribution in [3.63, 3.8) is 0 Å². The molecule has 2 aliphatic heterocycles. The molecule has 1 saturated heterocycles. The molecule has 34 heavy (non-hydrogen) atoms. The van der Waals surface area contributed by atoms with Crippen molar-refractivity contribution >= 4 is 40.8 Å². The third-order valence-corrected chi connectivity index (χ3v) is 6.92. The number of hydrogen-bond acceptors (Lipinski definition) is 3. The van der Waals surface area contributed by atoms with Crippen LogP contribution < -0.4 is 5.32 Å². The first kappa shape index (κ1) is 22.4. The van der Waals surface area contributed by atoms with E-state index in [1.807, 2.05) is 74.4 Å². The molecule has 1 fully saturated rings. The fraction of sp³-hybridized carbons (Fsp3) is 0.259. The third-order valence-electron chi connectivity index (χ3n) is 6.66. The quantitative estimate of drug-likeness (QED) is 0.528. The van der Waals surface area contributed by atoms with Crippen LogP contribution >= 0.6 is 11.6 Å². The van der Waals surface area contributed by atoms with Gasteiger partial charge in [-0.1, -0.05) is 35.9 Å². The van der Waals surface area contributed by atoms with Crippen molar-refractivity contribution in [2.45, 2.75) is 19.4 Å². The molecule has 174 valence electrons. The van der Waals surface area contributed by atoms with E-state index in [0.717, 1.165) is 41.0 Å². The summed E-state index contributed by atoms with van der Waals surface area (Å²) in [5.41, 5.74) is 6.14. The number of carbonyl (C=O) groups is 2. The highest BCUT2D eigenvalue weighted by molar-refractivity contribution is 6.36. The van der Waals surface area contributed by atoms with Gasteiger partial charge in [0.05, 0.1) is 16.8 Å². The lowest BCUT2D eigenvalue weighted by molar-refractivity contribution is -0.110. The Balaban J connectivity index is 1.55. The normalized spacial score (nSPS) is 18.6. The van der Waals surface area contributed by atoms with E-state index in [-0.39, 0.29) is 11.8 Å². The van der Waals surface area contributed by atoms with Gasteiger partial charge in [0.2, 0.25) is 0 Å². The number of hydrogen-bond donors (Lipinski definition) is 2. The number of anilines is 1. The van der Waals surface area contributed by atoms with Gasteiger partial charge in [0.1, 0.15) is 0 Å². The number of likely N-dealkylation sites (tertiary alicyclic amines) is 1. The topological polar surface area (TPSA) is 68.4 Å². The first-order chi connectivity index (χ1) is 16.3. The van der Waals surface area contributed by atoms with Gasteiger partial charge in [0, 0.05) is 41.1 Å². The summed E-state index contributed by atoms with van der Waals surface area (Å²) in [6.07, 6.45) is 2.76. The number of aromatic amines is 1. The van der Waals surface area contributed by atoms with E-state index in [1.165, 1.54) is 0 Å². The van der Waals surface area contributed by atoms with E-state index >= 15 is 0 Å². The Morgan fingerprint density at radius 3 is 2.65 bits per heavy atom. The number of rotatable bonds is 4. The lowest BCUT2D eigenvalue weighted by Gasteiger charge is -2.20. The second-order valence-electron chi connectivity index (χ2n) is 9.18. The number of nitrogens with zero attached hydrogens (tertiary/aromatic N) is 2. The number of nitrogens with one attached hydrogen (secondary N) is 2. The van der Waals surface area contributed by atoms with Crippen LogP contribution in [0.4, 0.5) is 5.69 Å². The van der Waals surface area contributed by atoms with Crippen LogP contribution in [0.15, 0.2) is 48.5 Å². The minimum Gasteiger partial charge on any atom is -0.358 e. The summed E-state index contributed by atoms with van der Waals surface area (Å²) >= 11 is 6.08. The van der Waals surface area contributed by atoms with Gasteiger partial charge in [-0.15, -0.1) is 0 Å². The van der Waals surface area contributed by atoms with Gasteiger partial charge in [-0.05, 0) is 68.9 Å². The Kier molecular flexibility index (Phi) is 5.80. The van der Waals surface area contributed by atoms with Gasteiger partial charge < -0.3 is 20.1 Å². The van der Waals surface area contributed by atoms with Crippen molar-refractivity contribution in [1.29, 1.82) is 0 Å². The van der Waals surface area contributed by atoms with Crippen LogP contribution in [-0.2, 0) is 4.79 Å². The predicted molar refractivity (Wildman–Crippen MR) is 137 cm³/mol. The van der Waals surface area contributed by atoms with Crippen molar-refractivity contribution in [2.75, 3.05) is 32.5 Å². The molecule has 3 heterocycles. The van der Waals surface area contributed by atoms with E-state index in [4.69, 9.17) is 11.6 Å². The molecular weight excluding hydrogens is 448 g/mol. The molecular formula is C27H27ClN4O2. The first-order valence-electron chi connectivity index (χ1n) is 11.4. The van der Waals surface area contributed by atoms with Gasteiger partial charge in [-0.25, -0.2) is 0 Å². The molecule has 2 aliphatic rings. The minimum atomic E-state index is -0.184. The Morgan fingerprint density at radius 1 is 1.18 bits per heavy atom. The Morgan fingerprint density at radius 2 is 1.94 bits per heavy atom. The number of halogens is 1. The van der Waals surface area contributed by atoms with Gasteiger partial charge >= 0.3 is 0 Å². The van der Waals surface area contributed by atoms with Crippen molar-refractivity contribution < 1.29 is 9.59 Å². The van der Waals surface area contributed by atoms with E-state index in [2.05, 4.69) is 15.2 Å². The maximum Gasteiger partial charge on any atom is 0.256 e. The molecule has 3 aromatic rings. The van der Waals surface area contributed by atoms with Crippen LogP contribution in [-0.4, -0.2) is 59.8 Å². The highest BCUT2D eigenvalue weighted by Crippen LogP contribution is 2.41. The molecule has 0 saturated carbocycles. The third kappa shape index (κ3) is 4.04. The van der Waals surface area contributed by atoms with Crippen LogP contribution in [0.5, 0.6) is 0 Å². The van der Waals surface area contributed by atoms with Crippen LogP contribution in [0.2, 0.25) is 5.02 Å². The Bertz CT molecular complexity index is 1310. The second kappa shape index (κ2) is 8.78. The summed E-state index contributed by atoms with van der Waals surface area (Å²) in [7, 11) is 4.09. The standard InChI is InChI=1S/C27H27ClN4O2/c1-16-13-21(27(34)32-12-11-19(15-32)31(2)3)24(29-16)14-22-25-20(17-7-9-18(28)10-8-17)5-4-6-23(25)30-26(22)33/h4-10,13-14,19,29H,11-12,15H2,1-3H3,(H,30,33)/t19-/m1/s1. The number of fused-ring (bicyclic) bond motifs is 1. The molecule has 0 radical (unpaired) electrons. The lowest BCUT2D eigenvalue weighted by Crippen LogP contribution is -2.34. The lowest BCUT2D eigenvalue weighted by atomic mass is 9.94. The number of benzene rings is 2. The van der Waals surface area contributed by atoms with Crippen LogP contribution in [0.3, 0.4) is 0 Å². The Hall–Kier alpha value is -3.35. The predicted octanol–water partition coefficient (Wildman–Crippen LogP) is 4.91. The van der Waals surface area contributed by atoms with Crippen molar-refractivity contribution in [3.8, 4) is 11.1 Å². The highest BCUT2D eigenvalue weighted by Gasteiger charge is 2.31. The number of aromatic nitrogens is 1.